The average Bonchev–Trinajstić information content (AvgIpc) is 3.10. The third-order valence-electron chi connectivity index (χ3n) is 4.37. The number of hydrogen-bond donors (Lipinski definition) is 0. The van der Waals surface area contributed by atoms with Gasteiger partial charge in [-0.05, 0) is 24.7 Å². The molecule has 0 aliphatic carbocycles. The number of nitrogens with zero attached hydrogens (tertiary/aromatic N) is 2. The van der Waals surface area contributed by atoms with Crippen molar-refractivity contribution in [3.05, 3.63) is 0 Å². The summed E-state index contributed by atoms with van der Waals surface area (Å²) in [6.07, 6.45) is 0. The minimum absolute atomic E-state index is 0. The van der Waals surface area contributed by atoms with Gasteiger partial charge in [0.05, 0.1) is 12.1 Å². The van der Waals surface area contributed by atoms with Crippen LogP contribution in [0.25, 0.3) is 0 Å². The molecule has 0 fully saturated rings. The van der Waals surface area contributed by atoms with Gasteiger partial charge in [-0.15, -0.1) is 0 Å². The van der Waals surface area contributed by atoms with E-state index in [9.17, 15) is 33.8 Å². The third kappa shape index (κ3) is 21.2. The van der Waals surface area contributed by atoms with Gasteiger partial charge in [-0.2, -0.15) is 0 Å². The predicted octanol–water partition coefficient (Wildman–Crippen LogP) is 7.98. The fraction of sp³-hybridized carbons (Fsp3) is 0.882. The molecule has 2 heterocycles. The molecular weight excluding hydrogens is 799 g/mol. The fourth-order valence-corrected chi connectivity index (χ4v) is 2.41. The first-order chi connectivity index (χ1) is 14.3. The minimum atomic E-state index is -11.2. The first-order valence-electron chi connectivity index (χ1n) is 9.87. The topological polar surface area (TPSA) is 43.2 Å². The monoisotopic (exact) mass is 827 g/mol. The Hall–Kier alpha value is 0.256. The molecule has 1 radical (unpaired) electrons. The van der Waals surface area contributed by atoms with Gasteiger partial charge < -0.3 is 9.47 Å². The fourth-order valence-electron chi connectivity index (χ4n) is 2.41. The third-order valence-corrected chi connectivity index (χ3v) is 4.37. The van der Waals surface area contributed by atoms with Crippen molar-refractivity contribution in [3.8, 4) is 0 Å². The van der Waals surface area contributed by atoms with Crippen LogP contribution in [0.3, 0.4) is 0 Å². The number of aliphatic imine (C=N–C) groups is 2. The summed E-state index contributed by atoms with van der Waals surface area (Å²) < 4.78 is 131. The maximum atomic E-state index is 9.93. The van der Waals surface area contributed by atoms with Crippen LogP contribution < -0.4 is 0 Å². The SMILES string of the molecule is CC(C)(C1=N[C@H](C(C)(C)C)CO1)C1=N[C@H](C(C)(C)C)CO1.[Cu+2].[F][Sb-]([F])([F])([F])([F])[F].[F][Sb-]([F])([F])([F])([F])[F]. The van der Waals surface area contributed by atoms with E-state index in [2.05, 4.69) is 55.4 Å². The van der Waals surface area contributed by atoms with Crippen molar-refractivity contribution < 1.29 is 60.3 Å². The molecule has 0 N–H and O–H groups in total. The Morgan fingerprint density at radius 2 is 0.750 bits per heavy atom. The molecule has 0 spiro atoms. The van der Waals surface area contributed by atoms with Crippen molar-refractivity contribution in [3.63, 3.8) is 0 Å². The number of ether oxygens (including phenoxy) is 2. The van der Waals surface area contributed by atoms with E-state index < -0.39 is 39.0 Å². The quantitative estimate of drug-likeness (QED) is 0.210. The Bertz CT molecular complexity index is 762. The molecule has 19 heteroatoms. The first-order valence-corrected chi connectivity index (χ1v) is 21.4. The van der Waals surface area contributed by atoms with Gasteiger partial charge in [0.2, 0.25) is 0 Å². The van der Waals surface area contributed by atoms with Crippen LogP contribution >= 0.6 is 0 Å². The Kier molecular flexibility index (Phi) is 10.1. The van der Waals surface area contributed by atoms with Gasteiger partial charge in [0, 0.05) is 0 Å². The molecule has 2 rings (SSSR count). The van der Waals surface area contributed by atoms with E-state index in [1.165, 1.54) is 0 Å². The van der Waals surface area contributed by atoms with Gasteiger partial charge >= 0.3 is 89.8 Å². The van der Waals surface area contributed by atoms with Gasteiger partial charge in [0.25, 0.3) is 0 Å². The maximum absolute atomic E-state index is 11.2. The second-order valence-corrected chi connectivity index (χ2v) is 21.7. The van der Waals surface area contributed by atoms with E-state index >= 15 is 0 Å². The molecule has 36 heavy (non-hydrogen) atoms. The summed E-state index contributed by atoms with van der Waals surface area (Å²) in [5, 5.41) is 0. The first kappa shape index (κ1) is 38.4. The van der Waals surface area contributed by atoms with Gasteiger partial charge in [-0.1, -0.05) is 41.5 Å². The van der Waals surface area contributed by atoms with Gasteiger partial charge in [-0.3, -0.25) is 0 Å². The van der Waals surface area contributed by atoms with Crippen LogP contribution in [0, 0.1) is 16.2 Å². The molecule has 0 aromatic heterocycles. The van der Waals surface area contributed by atoms with Crippen LogP contribution in [0.15, 0.2) is 9.98 Å². The van der Waals surface area contributed by atoms with Gasteiger partial charge in [0.15, 0.2) is 11.8 Å². The summed E-state index contributed by atoms with van der Waals surface area (Å²) in [4.78, 5) is 9.59. The molecule has 4 nitrogen and oxygen atoms in total. The predicted molar refractivity (Wildman–Crippen MR) is 112 cm³/mol. The van der Waals surface area contributed by atoms with Crippen molar-refractivity contribution in [2.45, 2.75) is 67.5 Å². The van der Waals surface area contributed by atoms with E-state index in [0.29, 0.717) is 13.2 Å². The van der Waals surface area contributed by atoms with E-state index in [-0.39, 0.29) is 45.4 Å². The van der Waals surface area contributed by atoms with Crippen molar-refractivity contribution >= 4 is 50.7 Å². The summed E-state index contributed by atoms with van der Waals surface area (Å²) in [6.45, 7) is 18.6. The second-order valence-electron chi connectivity index (χ2n) is 10.8. The van der Waals surface area contributed by atoms with E-state index in [4.69, 9.17) is 19.5 Å². The Labute approximate surface area is 216 Å². The summed E-state index contributed by atoms with van der Waals surface area (Å²) in [7, 11) is 0. The number of hydrogen-bond acceptors (Lipinski definition) is 4. The molecule has 0 saturated carbocycles. The second kappa shape index (κ2) is 9.42. The van der Waals surface area contributed by atoms with Crippen molar-refractivity contribution in [2.75, 3.05) is 13.2 Å². The Morgan fingerprint density at radius 1 is 0.556 bits per heavy atom. The zero-order valence-electron chi connectivity index (χ0n) is 20.5. The van der Waals surface area contributed by atoms with Crippen LogP contribution in [-0.2, 0) is 26.5 Å². The van der Waals surface area contributed by atoms with E-state index in [1.807, 2.05) is 0 Å². The molecular formula is C17H30CuF12N2O2Sb2. The molecule has 0 aromatic rings. The molecule has 0 bridgehead atoms. The summed E-state index contributed by atoms with van der Waals surface area (Å²) in [5.74, 6) is 1.52. The molecule has 0 unspecified atom stereocenters. The molecule has 2 aliphatic heterocycles. The van der Waals surface area contributed by atoms with Gasteiger partial charge in [-0.25, -0.2) is 9.98 Å². The standard InChI is InChI=1S/C17H30N2O2.Cu.12FH.2Sb/c1-15(2,3)11-9-20-13(18-11)17(7,8)14-19-12(10-21-14)16(4,5)6;;;;;;;;;;;;;;;/h11-12H,9-10H2,1-8H3;;12*1H;;/q;+2;;;;;;;;;;;;;2*+5/p-12/t11-,12-;;;;;;;;;;;;;;;/m0.............../s1. The Balaban J connectivity index is 0. The van der Waals surface area contributed by atoms with Crippen molar-refractivity contribution in [1.82, 2.24) is 0 Å². The van der Waals surface area contributed by atoms with Crippen LogP contribution in [0.4, 0.5) is 33.8 Å². The van der Waals surface area contributed by atoms with Crippen LogP contribution in [0.1, 0.15) is 55.4 Å². The zero-order valence-corrected chi connectivity index (χ0v) is 26.6. The molecule has 2 aliphatic rings. The van der Waals surface area contributed by atoms with E-state index in [0.717, 1.165) is 11.8 Å². The van der Waals surface area contributed by atoms with Crippen molar-refractivity contribution in [2.24, 2.45) is 26.2 Å². The number of rotatable bonds is 2. The zero-order chi connectivity index (χ0) is 28.9. The molecule has 0 aromatic carbocycles. The number of halogens is 12. The Morgan fingerprint density at radius 3 is 0.889 bits per heavy atom. The average molecular weight is 829 g/mol. The van der Waals surface area contributed by atoms with Crippen LogP contribution in [-0.4, -0.2) is 76.0 Å². The van der Waals surface area contributed by atoms with Gasteiger partial charge in [0.1, 0.15) is 18.6 Å². The molecule has 0 saturated heterocycles. The summed E-state index contributed by atoms with van der Waals surface area (Å²) in [6, 6.07) is 0.402. The van der Waals surface area contributed by atoms with Crippen molar-refractivity contribution in [1.29, 1.82) is 0 Å². The van der Waals surface area contributed by atoms with Crippen LogP contribution in [0.2, 0.25) is 0 Å². The van der Waals surface area contributed by atoms with Crippen LogP contribution in [0.5, 0.6) is 0 Å². The molecule has 225 valence electrons. The summed E-state index contributed by atoms with van der Waals surface area (Å²) >= 11 is -22.5. The molecule has 2 atom stereocenters. The van der Waals surface area contributed by atoms with E-state index in [1.54, 1.807) is 0 Å². The normalized spacial score (nSPS) is 24.8. The summed E-state index contributed by atoms with van der Waals surface area (Å²) in [5.41, 5.74) is -0.158. The molecule has 0 amide bonds.